The molecule has 0 heterocycles. The van der Waals surface area contributed by atoms with E-state index >= 15 is 0 Å². The molecule has 1 aliphatic carbocycles. The summed E-state index contributed by atoms with van der Waals surface area (Å²) in [6.45, 7) is -0.154. The van der Waals surface area contributed by atoms with E-state index in [2.05, 4.69) is 0 Å². The van der Waals surface area contributed by atoms with E-state index < -0.39 is 0 Å². The third kappa shape index (κ3) is 2.14. The van der Waals surface area contributed by atoms with Crippen LogP contribution in [0.2, 0.25) is 0 Å². The molecule has 0 saturated carbocycles. The van der Waals surface area contributed by atoms with E-state index in [1.165, 1.54) is 0 Å². The van der Waals surface area contributed by atoms with Gasteiger partial charge in [-0.2, -0.15) is 0 Å². The fourth-order valence-corrected chi connectivity index (χ4v) is 2.16. The minimum atomic E-state index is -0.377. The number of benzene rings is 1. The van der Waals surface area contributed by atoms with Gasteiger partial charge < -0.3 is 10.8 Å². The molecule has 0 aromatic heterocycles. The van der Waals surface area contributed by atoms with Crippen molar-refractivity contribution in [3.63, 3.8) is 0 Å². The molecule has 0 amide bonds. The normalized spacial score (nSPS) is 18.4. The Morgan fingerprint density at radius 2 is 2.06 bits per heavy atom. The number of rotatable bonds is 3. The van der Waals surface area contributed by atoms with Crippen molar-refractivity contribution >= 4 is 0 Å². The van der Waals surface area contributed by atoms with Gasteiger partial charge in [0.15, 0.2) is 0 Å². The molecule has 0 aliphatic heterocycles. The van der Waals surface area contributed by atoms with Crippen molar-refractivity contribution in [2.75, 3.05) is 6.54 Å². The van der Waals surface area contributed by atoms with Crippen LogP contribution in [0.5, 0.6) is 5.75 Å². The molecule has 2 rings (SSSR count). The molecule has 0 bridgehead atoms. The summed E-state index contributed by atoms with van der Waals surface area (Å²) < 4.78 is 0. The highest BCUT2D eigenvalue weighted by atomic mass is 16.6. The third-order valence-electron chi connectivity index (χ3n) is 2.93. The molecular weight excluding hydrogens is 208 g/mol. The minimum absolute atomic E-state index is 0.111. The number of hydrogen-bond acceptors (Lipinski definition) is 4. The maximum Gasteiger partial charge on any atom is 0.208 e. The van der Waals surface area contributed by atoms with Crippen molar-refractivity contribution in [3.8, 4) is 5.75 Å². The van der Waals surface area contributed by atoms with E-state index in [0.29, 0.717) is 5.56 Å². The van der Waals surface area contributed by atoms with Crippen molar-refractivity contribution in [1.82, 2.24) is 0 Å². The van der Waals surface area contributed by atoms with Crippen LogP contribution in [0.25, 0.3) is 0 Å². The highest BCUT2D eigenvalue weighted by molar-refractivity contribution is 5.45. The molecule has 1 aromatic rings. The molecule has 86 valence electrons. The molecule has 0 spiro atoms. The summed E-state index contributed by atoms with van der Waals surface area (Å²) >= 11 is 0. The molecule has 1 unspecified atom stereocenters. The van der Waals surface area contributed by atoms with Gasteiger partial charge in [0.25, 0.3) is 0 Å². The summed E-state index contributed by atoms with van der Waals surface area (Å²) in [6, 6.07) is 3.65. The zero-order chi connectivity index (χ0) is 11.7. The third-order valence-corrected chi connectivity index (χ3v) is 2.93. The molecule has 1 atom stereocenters. The van der Waals surface area contributed by atoms with E-state index in [1.807, 2.05) is 6.07 Å². The molecule has 16 heavy (non-hydrogen) atoms. The molecule has 0 radical (unpaired) electrons. The fraction of sp³-hybridized carbons (Fsp3) is 0.455. The number of nitrogens with zero attached hydrogens (tertiary/aromatic N) is 1. The quantitative estimate of drug-likeness (QED) is 0.580. The Hall–Kier alpha value is -1.62. The highest BCUT2D eigenvalue weighted by Gasteiger charge is 2.20. The lowest BCUT2D eigenvalue weighted by Gasteiger charge is -2.05. The van der Waals surface area contributed by atoms with Crippen LogP contribution >= 0.6 is 0 Å². The summed E-state index contributed by atoms with van der Waals surface area (Å²) in [4.78, 5) is 9.90. The average molecular weight is 222 g/mol. The van der Waals surface area contributed by atoms with Gasteiger partial charge in [0.2, 0.25) is 6.54 Å². The van der Waals surface area contributed by atoms with Crippen LogP contribution in [0.15, 0.2) is 12.1 Å². The van der Waals surface area contributed by atoms with Crippen molar-refractivity contribution < 1.29 is 10.0 Å². The average Bonchev–Trinajstić information content (AvgIpc) is 2.53. The smallest absolute Gasteiger partial charge is 0.208 e. The Labute approximate surface area is 93.0 Å². The zero-order valence-electron chi connectivity index (χ0n) is 8.85. The summed E-state index contributed by atoms with van der Waals surface area (Å²) in [7, 11) is 0. The molecular formula is C11H14N2O3. The molecule has 1 aliphatic rings. The maximum absolute atomic E-state index is 10.3. The largest absolute Gasteiger partial charge is 0.508 e. The van der Waals surface area contributed by atoms with Gasteiger partial charge in [-0.15, -0.1) is 0 Å². The lowest BCUT2D eigenvalue weighted by atomic mass is 10.0. The van der Waals surface area contributed by atoms with Crippen molar-refractivity contribution in [2.45, 2.75) is 25.3 Å². The van der Waals surface area contributed by atoms with Gasteiger partial charge >= 0.3 is 0 Å². The Kier molecular flexibility index (Phi) is 2.78. The van der Waals surface area contributed by atoms with E-state index in [-0.39, 0.29) is 29.7 Å². The van der Waals surface area contributed by atoms with Crippen LogP contribution in [0, 0.1) is 10.1 Å². The van der Waals surface area contributed by atoms with Gasteiger partial charge in [-0.25, -0.2) is 0 Å². The van der Waals surface area contributed by atoms with Gasteiger partial charge in [-0.1, -0.05) is 6.07 Å². The van der Waals surface area contributed by atoms with Gasteiger partial charge in [-0.05, 0) is 30.0 Å². The first-order chi connectivity index (χ1) is 7.56. The minimum Gasteiger partial charge on any atom is -0.508 e. The summed E-state index contributed by atoms with van der Waals surface area (Å²) in [5.74, 6) is 0.148. The predicted molar refractivity (Wildman–Crippen MR) is 59.1 cm³/mol. The Morgan fingerprint density at radius 1 is 1.44 bits per heavy atom. The van der Waals surface area contributed by atoms with Crippen LogP contribution in [-0.2, 0) is 19.3 Å². The lowest BCUT2D eigenvalue weighted by Crippen LogP contribution is -2.18. The first-order valence-corrected chi connectivity index (χ1v) is 5.27. The highest BCUT2D eigenvalue weighted by Crippen LogP contribution is 2.29. The Morgan fingerprint density at radius 3 is 2.69 bits per heavy atom. The zero-order valence-corrected chi connectivity index (χ0v) is 8.85. The monoisotopic (exact) mass is 222 g/mol. The van der Waals surface area contributed by atoms with Crippen LogP contribution < -0.4 is 5.73 Å². The maximum atomic E-state index is 10.3. The summed E-state index contributed by atoms with van der Waals surface area (Å²) in [5, 5.41) is 20.0. The van der Waals surface area contributed by atoms with E-state index in [9.17, 15) is 15.2 Å². The van der Waals surface area contributed by atoms with Gasteiger partial charge in [0.1, 0.15) is 5.75 Å². The molecule has 5 nitrogen and oxygen atoms in total. The number of aromatic hydroxyl groups is 1. The number of fused-ring (bicyclic) bond motifs is 1. The van der Waals surface area contributed by atoms with Gasteiger partial charge in [0, 0.05) is 22.9 Å². The van der Waals surface area contributed by atoms with Crippen LogP contribution in [0.3, 0.4) is 0 Å². The van der Waals surface area contributed by atoms with Gasteiger partial charge in [0.05, 0.1) is 0 Å². The second-order valence-corrected chi connectivity index (χ2v) is 4.22. The number of phenolic OH excluding ortho intramolecular Hbond substituents is 1. The van der Waals surface area contributed by atoms with Crippen LogP contribution in [0.4, 0.5) is 0 Å². The molecule has 0 saturated heterocycles. The van der Waals surface area contributed by atoms with Crippen molar-refractivity contribution in [1.29, 1.82) is 0 Å². The van der Waals surface area contributed by atoms with E-state index in [4.69, 9.17) is 5.73 Å². The first kappa shape index (κ1) is 10.9. The second-order valence-electron chi connectivity index (χ2n) is 4.22. The van der Waals surface area contributed by atoms with Crippen molar-refractivity contribution in [3.05, 3.63) is 38.9 Å². The fourth-order valence-electron chi connectivity index (χ4n) is 2.16. The number of hydrogen-bond donors (Lipinski definition) is 2. The number of nitro groups is 1. The second kappa shape index (κ2) is 4.09. The van der Waals surface area contributed by atoms with Crippen LogP contribution in [0.1, 0.15) is 16.7 Å². The summed E-state index contributed by atoms with van der Waals surface area (Å²) in [6.07, 6.45) is 1.83. The lowest BCUT2D eigenvalue weighted by molar-refractivity contribution is -0.479. The van der Waals surface area contributed by atoms with E-state index in [0.717, 1.165) is 24.0 Å². The SMILES string of the molecule is NC1Cc2cc(O)c(CC[N+](=O)[O-])cc2C1. The molecule has 3 N–H and O–H groups in total. The number of nitrogens with two attached hydrogens (primary N) is 1. The Balaban J connectivity index is 2.21. The van der Waals surface area contributed by atoms with Gasteiger partial charge in [-0.3, -0.25) is 10.1 Å². The standard InChI is InChI=1S/C11H14N2O3/c12-10-4-8-3-7(1-2-13(15)16)11(14)6-9(8)5-10/h3,6,10,14H,1-2,4-5,12H2. The molecule has 0 fully saturated rings. The van der Waals surface area contributed by atoms with Crippen molar-refractivity contribution in [2.24, 2.45) is 5.73 Å². The first-order valence-electron chi connectivity index (χ1n) is 5.27. The van der Waals surface area contributed by atoms with Crippen LogP contribution in [-0.4, -0.2) is 22.6 Å². The number of phenols is 1. The summed E-state index contributed by atoms with van der Waals surface area (Å²) in [5.41, 5.74) is 8.64. The Bertz CT molecular complexity index is 431. The molecule has 5 heteroatoms. The topological polar surface area (TPSA) is 89.4 Å². The predicted octanol–water partition coefficient (Wildman–Crippen LogP) is 0.637. The molecule has 1 aromatic carbocycles. The van der Waals surface area contributed by atoms with E-state index in [1.54, 1.807) is 6.07 Å².